The summed E-state index contributed by atoms with van der Waals surface area (Å²) in [6, 6.07) is 10.5. The van der Waals surface area contributed by atoms with Crippen LogP contribution in [-0.4, -0.2) is 11.7 Å². The van der Waals surface area contributed by atoms with E-state index in [0.29, 0.717) is 5.92 Å². The smallest absolute Gasteiger partial charge is 0.0527 e. The Labute approximate surface area is 106 Å². The summed E-state index contributed by atoms with van der Waals surface area (Å²) in [5.41, 5.74) is 1.24. The Morgan fingerprint density at radius 1 is 1.18 bits per heavy atom. The molecule has 0 spiro atoms. The SMILES string of the molecule is CCCC(C)CC(CC)(CO)c1ccccc1. The van der Waals surface area contributed by atoms with Crippen LogP contribution in [0.25, 0.3) is 0 Å². The molecule has 0 saturated heterocycles. The minimum atomic E-state index is -0.0458. The highest BCUT2D eigenvalue weighted by atomic mass is 16.3. The van der Waals surface area contributed by atoms with Gasteiger partial charge in [-0.25, -0.2) is 0 Å². The zero-order valence-corrected chi connectivity index (χ0v) is 11.4. The van der Waals surface area contributed by atoms with Gasteiger partial charge in [-0.1, -0.05) is 63.9 Å². The van der Waals surface area contributed by atoms with Crippen molar-refractivity contribution < 1.29 is 5.11 Å². The van der Waals surface area contributed by atoms with E-state index in [-0.39, 0.29) is 12.0 Å². The van der Waals surface area contributed by atoms with Gasteiger partial charge in [0.1, 0.15) is 0 Å². The average molecular weight is 234 g/mol. The molecule has 1 nitrogen and oxygen atoms in total. The third kappa shape index (κ3) is 3.57. The zero-order valence-electron chi connectivity index (χ0n) is 11.4. The molecule has 1 heteroatoms. The lowest BCUT2D eigenvalue weighted by Gasteiger charge is -2.34. The van der Waals surface area contributed by atoms with Crippen molar-refractivity contribution in [3.8, 4) is 0 Å². The first-order chi connectivity index (χ1) is 8.18. The topological polar surface area (TPSA) is 20.2 Å². The molecule has 2 unspecified atom stereocenters. The standard InChI is InChI=1S/C16H26O/c1-4-9-14(3)12-16(5-2,13-17)15-10-7-6-8-11-15/h6-8,10-11,14,17H,4-5,9,12-13H2,1-3H3. The number of hydrogen-bond acceptors (Lipinski definition) is 1. The Morgan fingerprint density at radius 3 is 2.29 bits per heavy atom. The normalized spacial score (nSPS) is 16.5. The quantitative estimate of drug-likeness (QED) is 0.751. The molecule has 1 aromatic carbocycles. The maximum Gasteiger partial charge on any atom is 0.0527 e. The highest BCUT2D eigenvalue weighted by Crippen LogP contribution is 2.35. The number of rotatable bonds is 7. The van der Waals surface area contributed by atoms with Crippen molar-refractivity contribution in [2.45, 2.75) is 51.9 Å². The van der Waals surface area contributed by atoms with E-state index in [1.54, 1.807) is 0 Å². The van der Waals surface area contributed by atoms with Gasteiger partial charge in [-0.15, -0.1) is 0 Å². The predicted octanol–water partition coefficient (Wildman–Crippen LogP) is 4.15. The van der Waals surface area contributed by atoms with E-state index in [1.165, 1.54) is 18.4 Å². The van der Waals surface area contributed by atoms with Crippen LogP contribution in [-0.2, 0) is 5.41 Å². The van der Waals surface area contributed by atoms with Gasteiger partial charge >= 0.3 is 0 Å². The lowest BCUT2D eigenvalue weighted by Crippen LogP contribution is -2.32. The van der Waals surface area contributed by atoms with Crippen LogP contribution in [0, 0.1) is 5.92 Å². The summed E-state index contributed by atoms with van der Waals surface area (Å²) in [7, 11) is 0. The van der Waals surface area contributed by atoms with Crippen molar-refractivity contribution >= 4 is 0 Å². The lowest BCUT2D eigenvalue weighted by atomic mass is 9.72. The molecule has 96 valence electrons. The molecule has 0 bridgehead atoms. The fourth-order valence-electron chi connectivity index (χ4n) is 2.79. The fraction of sp³-hybridized carbons (Fsp3) is 0.625. The maximum absolute atomic E-state index is 9.85. The molecule has 0 fully saturated rings. The third-order valence-electron chi connectivity index (χ3n) is 3.89. The molecule has 1 N–H and O–H groups in total. The van der Waals surface area contributed by atoms with Gasteiger partial charge in [-0.2, -0.15) is 0 Å². The summed E-state index contributed by atoms with van der Waals surface area (Å²) in [5, 5.41) is 9.85. The second-order valence-electron chi connectivity index (χ2n) is 5.26. The molecular formula is C16H26O. The number of aliphatic hydroxyl groups is 1. The zero-order chi connectivity index (χ0) is 12.7. The first kappa shape index (κ1) is 14.2. The van der Waals surface area contributed by atoms with E-state index in [1.807, 2.05) is 6.07 Å². The average Bonchev–Trinajstić information content (AvgIpc) is 2.37. The van der Waals surface area contributed by atoms with Gasteiger partial charge in [0.25, 0.3) is 0 Å². The highest BCUT2D eigenvalue weighted by molar-refractivity contribution is 5.25. The van der Waals surface area contributed by atoms with Crippen LogP contribution in [0.4, 0.5) is 0 Å². The van der Waals surface area contributed by atoms with Gasteiger partial charge in [0.05, 0.1) is 6.61 Å². The summed E-state index contributed by atoms with van der Waals surface area (Å²) in [6.45, 7) is 6.96. The van der Waals surface area contributed by atoms with Crippen molar-refractivity contribution in [1.82, 2.24) is 0 Å². The van der Waals surface area contributed by atoms with Gasteiger partial charge in [-0.05, 0) is 24.3 Å². The number of benzene rings is 1. The summed E-state index contributed by atoms with van der Waals surface area (Å²) >= 11 is 0. The first-order valence-electron chi connectivity index (χ1n) is 6.85. The Bertz CT molecular complexity index is 301. The van der Waals surface area contributed by atoms with Crippen LogP contribution < -0.4 is 0 Å². The van der Waals surface area contributed by atoms with Gasteiger partial charge < -0.3 is 5.11 Å². The molecule has 0 aliphatic heterocycles. The van der Waals surface area contributed by atoms with E-state index in [2.05, 4.69) is 45.0 Å². The maximum atomic E-state index is 9.85. The molecule has 0 radical (unpaired) electrons. The molecule has 1 rings (SSSR count). The van der Waals surface area contributed by atoms with Gasteiger partial charge in [0.15, 0.2) is 0 Å². The molecule has 0 aromatic heterocycles. The van der Waals surface area contributed by atoms with Crippen molar-refractivity contribution in [3.05, 3.63) is 35.9 Å². The largest absolute Gasteiger partial charge is 0.395 e. The molecule has 1 aromatic rings. The summed E-state index contributed by atoms with van der Waals surface area (Å²) in [5.74, 6) is 0.673. The van der Waals surface area contributed by atoms with E-state index in [9.17, 15) is 5.11 Å². The molecule has 0 heterocycles. The number of hydrogen-bond donors (Lipinski definition) is 1. The van der Waals surface area contributed by atoms with Gasteiger partial charge in [0, 0.05) is 5.41 Å². The molecule has 0 aliphatic carbocycles. The van der Waals surface area contributed by atoms with E-state index >= 15 is 0 Å². The summed E-state index contributed by atoms with van der Waals surface area (Å²) in [4.78, 5) is 0. The van der Waals surface area contributed by atoms with Gasteiger partial charge in [-0.3, -0.25) is 0 Å². The summed E-state index contributed by atoms with van der Waals surface area (Å²) in [6.07, 6.45) is 4.55. The first-order valence-corrected chi connectivity index (χ1v) is 6.85. The monoisotopic (exact) mass is 234 g/mol. The van der Waals surface area contributed by atoms with Crippen LogP contribution in [0.2, 0.25) is 0 Å². The van der Waals surface area contributed by atoms with Crippen LogP contribution >= 0.6 is 0 Å². The van der Waals surface area contributed by atoms with Gasteiger partial charge in [0.2, 0.25) is 0 Å². The van der Waals surface area contributed by atoms with Crippen LogP contribution in [0.1, 0.15) is 52.0 Å². The van der Waals surface area contributed by atoms with Crippen LogP contribution in [0.3, 0.4) is 0 Å². The van der Waals surface area contributed by atoms with E-state index in [4.69, 9.17) is 0 Å². The minimum Gasteiger partial charge on any atom is -0.395 e. The lowest BCUT2D eigenvalue weighted by molar-refractivity contribution is 0.159. The Morgan fingerprint density at radius 2 is 1.82 bits per heavy atom. The van der Waals surface area contributed by atoms with Crippen molar-refractivity contribution in [1.29, 1.82) is 0 Å². The minimum absolute atomic E-state index is 0.0458. The molecule has 17 heavy (non-hydrogen) atoms. The van der Waals surface area contributed by atoms with Crippen molar-refractivity contribution in [2.75, 3.05) is 6.61 Å². The second kappa shape index (κ2) is 6.80. The van der Waals surface area contributed by atoms with Crippen LogP contribution in [0.15, 0.2) is 30.3 Å². The predicted molar refractivity (Wildman–Crippen MR) is 74.2 cm³/mol. The fourth-order valence-corrected chi connectivity index (χ4v) is 2.79. The Hall–Kier alpha value is -0.820. The third-order valence-corrected chi connectivity index (χ3v) is 3.89. The van der Waals surface area contributed by atoms with Crippen molar-refractivity contribution in [2.24, 2.45) is 5.92 Å². The summed E-state index contributed by atoms with van der Waals surface area (Å²) < 4.78 is 0. The highest BCUT2D eigenvalue weighted by Gasteiger charge is 2.30. The molecule has 2 atom stereocenters. The molecule has 0 amide bonds. The van der Waals surface area contributed by atoms with Crippen molar-refractivity contribution in [3.63, 3.8) is 0 Å². The number of aliphatic hydroxyl groups excluding tert-OH is 1. The second-order valence-corrected chi connectivity index (χ2v) is 5.26. The van der Waals surface area contributed by atoms with E-state index in [0.717, 1.165) is 12.8 Å². The molecular weight excluding hydrogens is 208 g/mol. The van der Waals surface area contributed by atoms with Crippen LogP contribution in [0.5, 0.6) is 0 Å². The Balaban J connectivity index is 2.89. The Kier molecular flexibility index (Phi) is 5.70. The molecule has 0 aliphatic rings. The molecule has 0 saturated carbocycles. The van der Waals surface area contributed by atoms with E-state index < -0.39 is 0 Å².